The van der Waals surface area contributed by atoms with E-state index in [1.165, 1.54) is 31.4 Å². The number of hydrogen-bond donors (Lipinski definition) is 2. The minimum Gasteiger partial charge on any atom is -0.393 e. The molecule has 2 nitrogen and oxygen atoms in total. The van der Waals surface area contributed by atoms with Gasteiger partial charge in [-0.1, -0.05) is 6.92 Å². The van der Waals surface area contributed by atoms with Crippen LogP contribution < -0.4 is 5.32 Å². The highest BCUT2D eigenvalue weighted by Gasteiger charge is 2.27. The van der Waals surface area contributed by atoms with Crippen LogP contribution in [-0.2, 0) is 0 Å². The van der Waals surface area contributed by atoms with Crippen molar-refractivity contribution in [2.24, 2.45) is 0 Å². The lowest BCUT2D eigenvalue weighted by Crippen LogP contribution is -2.47. The van der Waals surface area contributed by atoms with Gasteiger partial charge in [-0.25, -0.2) is 0 Å². The molecule has 0 amide bonds. The molecule has 2 aliphatic rings. The molecule has 4 atom stereocenters. The molecular formula is C12H23NOS. The predicted molar refractivity (Wildman–Crippen MR) is 66.3 cm³/mol. The third kappa shape index (κ3) is 3.36. The topological polar surface area (TPSA) is 32.3 Å². The minimum absolute atomic E-state index is 0.0530. The molecule has 0 bridgehead atoms. The summed E-state index contributed by atoms with van der Waals surface area (Å²) in [5, 5.41) is 14.1. The van der Waals surface area contributed by atoms with E-state index in [4.69, 9.17) is 0 Å². The van der Waals surface area contributed by atoms with Gasteiger partial charge in [-0.2, -0.15) is 11.8 Å². The average molecular weight is 229 g/mol. The maximum atomic E-state index is 9.63. The predicted octanol–water partition coefficient (Wildman–Crippen LogP) is 2.16. The lowest BCUT2D eigenvalue weighted by atomic mass is 9.92. The summed E-state index contributed by atoms with van der Waals surface area (Å²) in [6.45, 7) is 2.33. The van der Waals surface area contributed by atoms with Crippen LogP contribution >= 0.6 is 11.8 Å². The van der Waals surface area contributed by atoms with Gasteiger partial charge in [0.1, 0.15) is 0 Å². The first-order valence-corrected chi connectivity index (χ1v) is 7.36. The number of rotatable bonds is 2. The van der Waals surface area contributed by atoms with Crippen LogP contribution in [0.5, 0.6) is 0 Å². The highest BCUT2D eigenvalue weighted by atomic mass is 32.2. The maximum absolute atomic E-state index is 9.63. The summed E-state index contributed by atoms with van der Waals surface area (Å²) in [6.07, 6.45) is 7.03. The van der Waals surface area contributed by atoms with Crippen molar-refractivity contribution < 1.29 is 5.11 Å². The van der Waals surface area contributed by atoms with Crippen molar-refractivity contribution in [1.29, 1.82) is 0 Å². The number of aliphatic hydroxyl groups excluding tert-OH is 1. The first-order valence-electron chi connectivity index (χ1n) is 6.31. The smallest absolute Gasteiger partial charge is 0.0555 e. The van der Waals surface area contributed by atoms with Gasteiger partial charge in [0, 0.05) is 17.3 Å². The molecule has 0 radical (unpaired) electrons. The molecular weight excluding hydrogens is 206 g/mol. The SMILES string of the molecule is CC1SCCCC1NC1CCCC(O)C1. The molecule has 1 aliphatic heterocycles. The fourth-order valence-electron chi connectivity index (χ4n) is 2.76. The van der Waals surface area contributed by atoms with Crippen LogP contribution in [-0.4, -0.2) is 34.3 Å². The van der Waals surface area contributed by atoms with Crippen LogP contribution in [0, 0.1) is 0 Å². The van der Waals surface area contributed by atoms with Crippen LogP contribution in [0.3, 0.4) is 0 Å². The van der Waals surface area contributed by atoms with Crippen molar-refractivity contribution in [2.45, 2.75) is 68.9 Å². The van der Waals surface area contributed by atoms with E-state index in [2.05, 4.69) is 24.0 Å². The van der Waals surface area contributed by atoms with E-state index < -0.39 is 0 Å². The zero-order valence-corrected chi connectivity index (χ0v) is 10.4. The van der Waals surface area contributed by atoms with E-state index in [0.717, 1.165) is 18.1 Å². The Kier molecular flexibility index (Phi) is 4.35. The number of thioether (sulfide) groups is 1. The van der Waals surface area contributed by atoms with Crippen LogP contribution in [0.2, 0.25) is 0 Å². The quantitative estimate of drug-likeness (QED) is 0.761. The van der Waals surface area contributed by atoms with Crippen LogP contribution in [0.4, 0.5) is 0 Å². The number of aliphatic hydroxyl groups is 1. The zero-order chi connectivity index (χ0) is 10.7. The lowest BCUT2D eigenvalue weighted by molar-refractivity contribution is 0.108. The second-order valence-corrected chi connectivity index (χ2v) is 6.49. The van der Waals surface area contributed by atoms with Crippen LogP contribution in [0.1, 0.15) is 45.4 Å². The van der Waals surface area contributed by atoms with Crippen LogP contribution in [0.25, 0.3) is 0 Å². The molecule has 2 rings (SSSR count). The number of nitrogens with one attached hydrogen (secondary N) is 1. The molecule has 0 aromatic carbocycles. The van der Waals surface area contributed by atoms with Gasteiger partial charge in [-0.15, -0.1) is 0 Å². The highest BCUT2D eigenvalue weighted by Crippen LogP contribution is 2.27. The van der Waals surface area contributed by atoms with Gasteiger partial charge in [0.25, 0.3) is 0 Å². The monoisotopic (exact) mass is 229 g/mol. The fourth-order valence-corrected chi connectivity index (χ4v) is 3.91. The van der Waals surface area contributed by atoms with Crippen molar-refractivity contribution >= 4 is 11.8 Å². The van der Waals surface area contributed by atoms with Gasteiger partial charge in [-0.05, 0) is 44.3 Å². The van der Waals surface area contributed by atoms with Crippen molar-refractivity contribution in [3.63, 3.8) is 0 Å². The molecule has 0 aromatic rings. The molecule has 1 aliphatic carbocycles. The van der Waals surface area contributed by atoms with Gasteiger partial charge in [-0.3, -0.25) is 0 Å². The first kappa shape index (κ1) is 11.7. The normalized spacial score (nSPS) is 42.8. The van der Waals surface area contributed by atoms with Gasteiger partial charge >= 0.3 is 0 Å². The van der Waals surface area contributed by atoms with E-state index in [9.17, 15) is 5.11 Å². The third-order valence-corrected chi connectivity index (χ3v) is 5.08. The molecule has 2 fully saturated rings. The molecule has 15 heavy (non-hydrogen) atoms. The maximum Gasteiger partial charge on any atom is 0.0555 e. The molecule has 1 heterocycles. The number of hydrogen-bond acceptors (Lipinski definition) is 3. The second-order valence-electron chi connectivity index (χ2n) is 5.01. The summed E-state index contributed by atoms with van der Waals surface area (Å²) < 4.78 is 0. The van der Waals surface area contributed by atoms with E-state index in [1.807, 2.05) is 0 Å². The summed E-state index contributed by atoms with van der Waals surface area (Å²) in [6, 6.07) is 1.25. The van der Waals surface area contributed by atoms with E-state index in [0.29, 0.717) is 12.1 Å². The molecule has 3 heteroatoms. The fraction of sp³-hybridized carbons (Fsp3) is 1.00. The van der Waals surface area contributed by atoms with Gasteiger partial charge in [0.15, 0.2) is 0 Å². The van der Waals surface area contributed by atoms with Gasteiger partial charge < -0.3 is 10.4 Å². The molecule has 0 aromatic heterocycles. The van der Waals surface area contributed by atoms with Crippen molar-refractivity contribution in [3.05, 3.63) is 0 Å². The molecule has 88 valence electrons. The Bertz CT molecular complexity index is 200. The van der Waals surface area contributed by atoms with E-state index in [1.54, 1.807) is 0 Å². The minimum atomic E-state index is -0.0530. The standard InChI is InChI=1S/C12H23NOS/c1-9-12(6-3-7-15-9)13-10-4-2-5-11(14)8-10/h9-14H,2-8H2,1H3. The molecule has 1 saturated carbocycles. The largest absolute Gasteiger partial charge is 0.393 e. The molecule has 1 saturated heterocycles. The summed E-state index contributed by atoms with van der Waals surface area (Å²) in [7, 11) is 0. The van der Waals surface area contributed by atoms with E-state index in [-0.39, 0.29) is 6.10 Å². The highest BCUT2D eigenvalue weighted by molar-refractivity contribution is 7.99. The van der Waals surface area contributed by atoms with Crippen molar-refractivity contribution in [1.82, 2.24) is 5.32 Å². The Balaban J connectivity index is 1.79. The second kappa shape index (κ2) is 5.55. The Morgan fingerprint density at radius 3 is 2.80 bits per heavy atom. The van der Waals surface area contributed by atoms with Gasteiger partial charge in [0.05, 0.1) is 6.10 Å². The average Bonchev–Trinajstić information content (AvgIpc) is 2.22. The summed E-state index contributed by atoms with van der Waals surface area (Å²) in [5.41, 5.74) is 0. The molecule has 2 N–H and O–H groups in total. The zero-order valence-electron chi connectivity index (χ0n) is 9.61. The summed E-state index contributed by atoms with van der Waals surface area (Å²) >= 11 is 2.09. The first-order chi connectivity index (χ1) is 7.25. The van der Waals surface area contributed by atoms with Crippen molar-refractivity contribution in [3.8, 4) is 0 Å². The molecule has 4 unspecified atom stereocenters. The third-order valence-electron chi connectivity index (χ3n) is 3.70. The Labute approximate surface area is 97.2 Å². The Hall–Kier alpha value is 0.270. The Morgan fingerprint density at radius 2 is 2.07 bits per heavy atom. The van der Waals surface area contributed by atoms with Gasteiger partial charge in [0.2, 0.25) is 0 Å². The summed E-state index contributed by atoms with van der Waals surface area (Å²) in [5.74, 6) is 1.33. The Morgan fingerprint density at radius 1 is 1.20 bits per heavy atom. The van der Waals surface area contributed by atoms with Crippen LogP contribution in [0.15, 0.2) is 0 Å². The lowest BCUT2D eigenvalue weighted by Gasteiger charge is -2.35. The van der Waals surface area contributed by atoms with Crippen molar-refractivity contribution in [2.75, 3.05) is 5.75 Å². The molecule has 0 spiro atoms. The van der Waals surface area contributed by atoms with E-state index >= 15 is 0 Å². The summed E-state index contributed by atoms with van der Waals surface area (Å²) in [4.78, 5) is 0.